The number of aryl methyl sites for hydroxylation is 1. The number of nitro benzene ring substituents is 1. The first kappa shape index (κ1) is 26.6. The smallest absolute Gasteiger partial charge is 0.306 e. The summed E-state index contributed by atoms with van der Waals surface area (Å²) >= 11 is 0. The van der Waals surface area contributed by atoms with Crippen LogP contribution in [0.5, 0.6) is 0 Å². The van der Waals surface area contributed by atoms with Crippen molar-refractivity contribution in [3.05, 3.63) is 39.4 Å². The normalized spacial score (nSPS) is 10.6. The monoisotopic (exact) mass is 435 g/mol. The van der Waals surface area contributed by atoms with E-state index in [1.807, 2.05) is 0 Å². The maximum absolute atomic E-state index is 11.8. The molecule has 0 aliphatic heterocycles. The van der Waals surface area contributed by atoms with Gasteiger partial charge in [0.2, 0.25) is 0 Å². The number of carbonyl (C=O) groups excluding carboxylic acids is 2. The van der Waals surface area contributed by atoms with E-state index >= 15 is 0 Å². The summed E-state index contributed by atoms with van der Waals surface area (Å²) in [6.45, 7) is 4.36. The minimum Gasteiger partial charge on any atom is -0.466 e. The van der Waals surface area contributed by atoms with E-state index in [0.717, 1.165) is 12.8 Å². The van der Waals surface area contributed by atoms with Crippen LogP contribution in [-0.4, -0.2) is 23.5 Å². The average molecular weight is 436 g/mol. The molecule has 0 fully saturated rings. The number of hydrogen-bond acceptors (Lipinski definition) is 6. The summed E-state index contributed by atoms with van der Waals surface area (Å²) in [5.74, 6) is -0.680. The fraction of sp³-hybridized carbons (Fsp3) is 0.667. The highest BCUT2D eigenvalue weighted by Gasteiger charge is 2.12. The highest BCUT2D eigenvalue weighted by atomic mass is 16.6. The summed E-state index contributed by atoms with van der Waals surface area (Å²) in [5.41, 5.74) is 1.25. The van der Waals surface area contributed by atoms with E-state index in [2.05, 4.69) is 6.92 Å². The van der Waals surface area contributed by atoms with Crippen LogP contribution in [0.25, 0.3) is 0 Å². The number of rotatable bonds is 17. The number of benzene rings is 1. The summed E-state index contributed by atoms with van der Waals surface area (Å²) in [6.07, 6.45) is 11.7. The van der Waals surface area contributed by atoms with Crippen LogP contribution in [0.2, 0.25) is 0 Å². The minimum absolute atomic E-state index is 0.0380. The van der Waals surface area contributed by atoms with E-state index in [-0.39, 0.29) is 31.1 Å². The van der Waals surface area contributed by atoms with Crippen molar-refractivity contribution in [3.8, 4) is 0 Å². The molecule has 0 bridgehead atoms. The van der Waals surface area contributed by atoms with Crippen LogP contribution in [0.1, 0.15) is 95.1 Å². The van der Waals surface area contributed by atoms with E-state index in [9.17, 15) is 19.7 Å². The third-order valence-electron chi connectivity index (χ3n) is 5.13. The molecule has 0 saturated carbocycles. The lowest BCUT2D eigenvalue weighted by Gasteiger charge is -2.07. The Kier molecular flexibility index (Phi) is 14.0. The molecule has 1 aromatic carbocycles. The third-order valence-corrected chi connectivity index (χ3v) is 5.13. The molecule has 0 atom stereocenters. The molecule has 0 aliphatic carbocycles. The number of hydrogen-bond donors (Lipinski definition) is 0. The molecular weight excluding hydrogens is 398 g/mol. The Morgan fingerprint density at radius 2 is 1.45 bits per heavy atom. The standard InChI is InChI=1S/C24H37NO6/c1-3-4-5-6-7-8-9-10-11-17-30-23(26)13-12-14-24(27)31-19-21-15-16-22(25(28)29)20(2)18-21/h15-16,18H,3-14,17,19H2,1-2H3. The molecule has 0 spiro atoms. The van der Waals surface area contributed by atoms with Gasteiger partial charge in [-0.1, -0.05) is 58.3 Å². The van der Waals surface area contributed by atoms with Gasteiger partial charge in [0, 0.05) is 24.5 Å². The molecule has 0 unspecified atom stereocenters. The lowest BCUT2D eigenvalue weighted by atomic mass is 10.1. The number of nitrogens with zero attached hydrogens (tertiary/aromatic N) is 1. The van der Waals surface area contributed by atoms with Crippen molar-refractivity contribution < 1.29 is 24.0 Å². The van der Waals surface area contributed by atoms with Crippen molar-refractivity contribution in [1.29, 1.82) is 0 Å². The second-order valence-electron chi connectivity index (χ2n) is 7.94. The fourth-order valence-electron chi connectivity index (χ4n) is 3.30. The van der Waals surface area contributed by atoms with Crippen molar-refractivity contribution in [2.75, 3.05) is 6.61 Å². The Morgan fingerprint density at radius 1 is 0.871 bits per heavy atom. The third kappa shape index (κ3) is 12.8. The number of ether oxygens (including phenoxy) is 2. The predicted molar refractivity (Wildman–Crippen MR) is 120 cm³/mol. The van der Waals surface area contributed by atoms with Crippen molar-refractivity contribution in [2.24, 2.45) is 0 Å². The Labute approximate surface area is 185 Å². The second-order valence-corrected chi connectivity index (χ2v) is 7.94. The molecule has 0 N–H and O–H groups in total. The highest BCUT2D eigenvalue weighted by molar-refractivity contribution is 5.72. The van der Waals surface area contributed by atoms with Gasteiger partial charge in [0.1, 0.15) is 6.61 Å². The van der Waals surface area contributed by atoms with Gasteiger partial charge in [-0.2, -0.15) is 0 Å². The van der Waals surface area contributed by atoms with Crippen LogP contribution < -0.4 is 0 Å². The van der Waals surface area contributed by atoms with Crippen LogP contribution in [-0.2, 0) is 25.7 Å². The van der Waals surface area contributed by atoms with Crippen LogP contribution in [0.4, 0.5) is 5.69 Å². The summed E-state index contributed by atoms with van der Waals surface area (Å²) < 4.78 is 10.4. The summed E-state index contributed by atoms with van der Waals surface area (Å²) in [4.78, 5) is 33.9. The quantitative estimate of drug-likeness (QED) is 0.125. The van der Waals surface area contributed by atoms with Crippen molar-refractivity contribution in [2.45, 2.75) is 97.5 Å². The number of nitro groups is 1. The molecule has 0 saturated heterocycles. The van der Waals surface area contributed by atoms with Gasteiger partial charge in [-0.25, -0.2) is 0 Å². The Hall–Kier alpha value is -2.44. The van der Waals surface area contributed by atoms with Gasteiger partial charge in [-0.15, -0.1) is 0 Å². The zero-order valence-electron chi connectivity index (χ0n) is 19.0. The van der Waals surface area contributed by atoms with Crippen molar-refractivity contribution in [3.63, 3.8) is 0 Å². The Bertz CT molecular complexity index is 689. The van der Waals surface area contributed by atoms with Gasteiger partial charge in [0.05, 0.1) is 11.5 Å². The van der Waals surface area contributed by atoms with E-state index < -0.39 is 10.9 Å². The number of carbonyl (C=O) groups is 2. The lowest BCUT2D eigenvalue weighted by Crippen LogP contribution is -2.09. The topological polar surface area (TPSA) is 95.7 Å². The highest BCUT2D eigenvalue weighted by Crippen LogP contribution is 2.19. The maximum atomic E-state index is 11.8. The van der Waals surface area contributed by atoms with Crippen LogP contribution in [0.15, 0.2) is 18.2 Å². The molecule has 0 aromatic heterocycles. The molecule has 1 aromatic rings. The van der Waals surface area contributed by atoms with Crippen LogP contribution in [0, 0.1) is 17.0 Å². The zero-order valence-corrected chi connectivity index (χ0v) is 19.0. The van der Waals surface area contributed by atoms with Gasteiger partial charge >= 0.3 is 11.9 Å². The van der Waals surface area contributed by atoms with E-state index in [1.54, 1.807) is 19.1 Å². The first-order valence-electron chi connectivity index (χ1n) is 11.5. The minimum atomic E-state index is -0.445. The molecule has 7 heteroatoms. The van der Waals surface area contributed by atoms with Gasteiger partial charge in [-0.3, -0.25) is 19.7 Å². The lowest BCUT2D eigenvalue weighted by molar-refractivity contribution is -0.385. The first-order valence-corrected chi connectivity index (χ1v) is 11.5. The van der Waals surface area contributed by atoms with Crippen molar-refractivity contribution >= 4 is 17.6 Å². The summed E-state index contributed by atoms with van der Waals surface area (Å²) in [7, 11) is 0. The van der Waals surface area contributed by atoms with Gasteiger partial charge in [0.25, 0.3) is 5.69 Å². The van der Waals surface area contributed by atoms with Crippen molar-refractivity contribution in [1.82, 2.24) is 0 Å². The first-order chi connectivity index (χ1) is 14.9. The molecule has 0 aliphatic rings. The SMILES string of the molecule is CCCCCCCCCCCOC(=O)CCCC(=O)OCc1ccc([N+](=O)[O-])c(C)c1. The predicted octanol–water partition coefficient (Wildman–Crippen LogP) is 6.19. The molecule has 7 nitrogen and oxygen atoms in total. The zero-order chi connectivity index (χ0) is 22.9. The molecule has 0 amide bonds. The second kappa shape index (κ2) is 16.3. The van der Waals surface area contributed by atoms with E-state index in [0.29, 0.717) is 24.2 Å². The Morgan fingerprint density at radius 3 is 2.03 bits per heavy atom. The van der Waals surface area contributed by atoms with E-state index in [4.69, 9.17) is 9.47 Å². The van der Waals surface area contributed by atoms with Crippen LogP contribution >= 0.6 is 0 Å². The molecule has 0 radical (unpaired) electrons. The van der Waals surface area contributed by atoms with E-state index in [1.165, 1.54) is 51.0 Å². The van der Waals surface area contributed by atoms with Gasteiger partial charge < -0.3 is 9.47 Å². The molecule has 174 valence electrons. The van der Waals surface area contributed by atoms with Gasteiger partial charge in [0.15, 0.2) is 0 Å². The summed E-state index contributed by atoms with van der Waals surface area (Å²) in [5, 5.41) is 10.8. The molecule has 0 heterocycles. The number of unbranched alkanes of at least 4 members (excludes halogenated alkanes) is 8. The Balaban J connectivity index is 2.03. The largest absolute Gasteiger partial charge is 0.466 e. The van der Waals surface area contributed by atoms with Crippen LogP contribution in [0.3, 0.4) is 0 Å². The summed E-state index contributed by atoms with van der Waals surface area (Å²) in [6, 6.07) is 4.61. The molecular formula is C24H37NO6. The molecule has 31 heavy (non-hydrogen) atoms. The molecule has 1 rings (SSSR count). The average Bonchev–Trinajstić information content (AvgIpc) is 2.73. The van der Waals surface area contributed by atoms with Gasteiger partial charge in [-0.05, 0) is 37.5 Å². The number of esters is 2. The fourth-order valence-corrected chi connectivity index (χ4v) is 3.30. The maximum Gasteiger partial charge on any atom is 0.306 e.